The number of imidazole rings is 1. The van der Waals surface area contributed by atoms with Crippen molar-refractivity contribution in [2.75, 3.05) is 25.0 Å². The van der Waals surface area contributed by atoms with Crippen LogP contribution in [0.5, 0.6) is 0 Å². The van der Waals surface area contributed by atoms with E-state index in [0.29, 0.717) is 49.6 Å². The first-order valence-corrected chi connectivity index (χ1v) is 11.3. The summed E-state index contributed by atoms with van der Waals surface area (Å²) < 4.78 is 7.15. The van der Waals surface area contributed by atoms with Gasteiger partial charge in [-0.1, -0.05) is 0 Å². The van der Waals surface area contributed by atoms with Crippen molar-refractivity contribution in [2.45, 2.75) is 39.2 Å². The Morgan fingerprint density at radius 2 is 1.89 bits per heavy atom. The monoisotopic (exact) mass is 476 g/mol. The Labute approximate surface area is 202 Å². The van der Waals surface area contributed by atoms with E-state index >= 15 is 0 Å². The SMILES string of the molecule is CC(C)(C)OC(=O)N1CCC(C#N)(CNc2nc(-c3ccncc3)cn3cc(C(N)=O)nc23)CC1. The third-order valence-electron chi connectivity index (χ3n) is 5.87. The fraction of sp³-hybridized carbons (Fsp3) is 0.417. The van der Waals surface area contributed by atoms with E-state index in [0.717, 1.165) is 5.56 Å². The minimum absolute atomic E-state index is 0.113. The molecule has 11 heteroatoms. The van der Waals surface area contributed by atoms with Crippen LogP contribution in [0, 0.1) is 16.7 Å². The highest BCUT2D eigenvalue weighted by molar-refractivity contribution is 5.92. The number of rotatable bonds is 5. The van der Waals surface area contributed by atoms with Gasteiger partial charge in [0.25, 0.3) is 5.91 Å². The molecule has 3 N–H and O–H groups in total. The van der Waals surface area contributed by atoms with Crippen molar-refractivity contribution in [1.29, 1.82) is 5.26 Å². The zero-order chi connectivity index (χ0) is 25.2. The molecule has 1 fully saturated rings. The van der Waals surface area contributed by atoms with Crippen molar-refractivity contribution in [1.82, 2.24) is 24.3 Å². The zero-order valence-corrected chi connectivity index (χ0v) is 20.0. The molecule has 0 bridgehead atoms. The molecular weight excluding hydrogens is 448 g/mol. The number of anilines is 1. The molecule has 3 aromatic rings. The lowest BCUT2D eigenvalue weighted by Gasteiger charge is -2.37. The van der Waals surface area contributed by atoms with Crippen LogP contribution in [0.1, 0.15) is 44.1 Å². The van der Waals surface area contributed by atoms with Crippen LogP contribution in [0.4, 0.5) is 10.6 Å². The number of nitrogens with two attached hydrogens (primary N) is 1. The number of nitriles is 1. The topological polar surface area (TPSA) is 152 Å². The predicted octanol–water partition coefficient (Wildman–Crippen LogP) is 2.84. The van der Waals surface area contributed by atoms with Gasteiger partial charge in [0, 0.05) is 50.0 Å². The van der Waals surface area contributed by atoms with Crippen LogP contribution in [-0.2, 0) is 4.74 Å². The lowest BCUT2D eigenvalue weighted by molar-refractivity contribution is 0.0156. The zero-order valence-electron chi connectivity index (χ0n) is 20.0. The molecule has 11 nitrogen and oxygen atoms in total. The van der Waals surface area contributed by atoms with Crippen LogP contribution < -0.4 is 11.1 Å². The first-order chi connectivity index (χ1) is 16.6. The minimum atomic E-state index is -0.705. The summed E-state index contributed by atoms with van der Waals surface area (Å²) in [5.41, 5.74) is 6.17. The minimum Gasteiger partial charge on any atom is -0.444 e. The molecule has 4 rings (SSSR count). The summed E-state index contributed by atoms with van der Waals surface area (Å²) in [6, 6.07) is 6.09. The Bertz CT molecular complexity index is 1280. The van der Waals surface area contributed by atoms with Gasteiger partial charge in [0.15, 0.2) is 11.5 Å². The number of likely N-dealkylation sites (tertiary alicyclic amines) is 1. The number of carbonyl (C=O) groups excluding carboxylic acids is 2. The second-order valence-corrected chi connectivity index (χ2v) is 9.64. The molecule has 0 aliphatic carbocycles. The lowest BCUT2D eigenvalue weighted by atomic mass is 9.80. The van der Waals surface area contributed by atoms with E-state index in [2.05, 4.69) is 21.4 Å². The van der Waals surface area contributed by atoms with E-state index in [4.69, 9.17) is 15.5 Å². The Kier molecular flexibility index (Phi) is 6.30. The summed E-state index contributed by atoms with van der Waals surface area (Å²) in [5.74, 6) is -0.218. The average molecular weight is 477 g/mol. The van der Waals surface area contributed by atoms with Gasteiger partial charge in [0.05, 0.1) is 17.2 Å². The van der Waals surface area contributed by atoms with Gasteiger partial charge in [0.2, 0.25) is 0 Å². The van der Waals surface area contributed by atoms with E-state index in [1.165, 1.54) is 0 Å². The number of amides is 2. The number of aromatic nitrogens is 4. The summed E-state index contributed by atoms with van der Waals surface area (Å²) in [6.45, 7) is 6.60. The maximum absolute atomic E-state index is 12.4. The van der Waals surface area contributed by atoms with Gasteiger partial charge < -0.3 is 25.1 Å². The summed E-state index contributed by atoms with van der Waals surface area (Å²) in [5, 5.41) is 13.3. The third-order valence-corrected chi connectivity index (χ3v) is 5.87. The van der Waals surface area contributed by atoms with E-state index in [1.54, 1.807) is 34.1 Å². The molecule has 0 radical (unpaired) electrons. The van der Waals surface area contributed by atoms with E-state index < -0.39 is 16.9 Å². The Morgan fingerprint density at radius 1 is 1.20 bits per heavy atom. The normalized spacial score (nSPS) is 15.4. The molecule has 4 heterocycles. The second kappa shape index (κ2) is 9.21. The van der Waals surface area contributed by atoms with Crippen LogP contribution in [-0.4, -0.2) is 61.5 Å². The van der Waals surface area contributed by atoms with E-state index in [1.807, 2.05) is 32.9 Å². The number of hydrogen-bond donors (Lipinski definition) is 2. The van der Waals surface area contributed by atoms with Crippen molar-refractivity contribution in [3.05, 3.63) is 42.6 Å². The smallest absolute Gasteiger partial charge is 0.410 e. The summed E-state index contributed by atoms with van der Waals surface area (Å²) in [7, 11) is 0. The number of nitrogens with one attached hydrogen (secondary N) is 1. The lowest BCUT2D eigenvalue weighted by Crippen LogP contribution is -2.46. The number of pyridine rings is 1. The molecule has 182 valence electrons. The quantitative estimate of drug-likeness (QED) is 0.570. The van der Waals surface area contributed by atoms with Crippen molar-refractivity contribution in [3.8, 4) is 17.3 Å². The van der Waals surface area contributed by atoms with E-state index in [9.17, 15) is 14.9 Å². The van der Waals surface area contributed by atoms with Crippen LogP contribution >= 0.6 is 0 Å². The predicted molar refractivity (Wildman–Crippen MR) is 128 cm³/mol. The van der Waals surface area contributed by atoms with Gasteiger partial charge in [-0.3, -0.25) is 9.78 Å². The summed E-state index contributed by atoms with van der Waals surface area (Å²) in [4.78, 5) is 38.8. The molecule has 0 atom stereocenters. The van der Waals surface area contributed by atoms with Crippen molar-refractivity contribution in [3.63, 3.8) is 0 Å². The molecule has 35 heavy (non-hydrogen) atoms. The molecule has 3 aromatic heterocycles. The fourth-order valence-corrected chi connectivity index (χ4v) is 3.92. The van der Waals surface area contributed by atoms with Crippen molar-refractivity contribution < 1.29 is 14.3 Å². The standard InChI is InChI=1S/C24H28N8O3/c1-23(2,3)35-22(34)31-10-6-24(14-25,7-11-31)15-28-20-21-30-18(19(26)33)13-32(21)12-17(29-20)16-4-8-27-9-5-16/h4-5,8-9,12-13H,6-7,10-11,15H2,1-3H3,(H2,26,33)(H,28,29). The summed E-state index contributed by atoms with van der Waals surface area (Å²) >= 11 is 0. The molecule has 1 aliphatic heterocycles. The highest BCUT2D eigenvalue weighted by Gasteiger charge is 2.37. The third kappa shape index (κ3) is 5.32. The maximum atomic E-state index is 12.4. The Morgan fingerprint density at radius 3 is 2.49 bits per heavy atom. The number of ether oxygens (including phenoxy) is 1. The molecule has 1 aliphatic rings. The Hall–Kier alpha value is -4.20. The van der Waals surface area contributed by atoms with Gasteiger partial charge in [-0.05, 0) is 45.7 Å². The molecule has 0 spiro atoms. The summed E-state index contributed by atoms with van der Waals surface area (Å²) in [6.07, 6.45) is 7.24. The molecule has 0 unspecified atom stereocenters. The van der Waals surface area contributed by atoms with Gasteiger partial charge in [0.1, 0.15) is 11.3 Å². The largest absolute Gasteiger partial charge is 0.444 e. The van der Waals surface area contributed by atoms with Crippen LogP contribution in [0.25, 0.3) is 16.9 Å². The number of carbonyl (C=O) groups is 2. The molecule has 1 saturated heterocycles. The molecule has 0 aromatic carbocycles. The number of piperidine rings is 1. The van der Waals surface area contributed by atoms with Crippen LogP contribution in [0.15, 0.2) is 36.9 Å². The molecular formula is C24H28N8O3. The van der Waals surface area contributed by atoms with Gasteiger partial charge in [-0.15, -0.1) is 0 Å². The van der Waals surface area contributed by atoms with E-state index in [-0.39, 0.29) is 11.8 Å². The number of nitrogens with zero attached hydrogens (tertiary/aromatic N) is 6. The van der Waals surface area contributed by atoms with Crippen LogP contribution in [0.3, 0.4) is 0 Å². The first-order valence-electron chi connectivity index (χ1n) is 11.3. The number of hydrogen-bond acceptors (Lipinski definition) is 8. The number of primary amides is 1. The highest BCUT2D eigenvalue weighted by Crippen LogP contribution is 2.32. The molecule has 0 saturated carbocycles. The van der Waals surface area contributed by atoms with Crippen molar-refractivity contribution in [2.24, 2.45) is 11.1 Å². The maximum Gasteiger partial charge on any atom is 0.410 e. The van der Waals surface area contributed by atoms with Crippen molar-refractivity contribution >= 4 is 23.5 Å². The highest BCUT2D eigenvalue weighted by atomic mass is 16.6. The molecule has 2 amide bonds. The Balaban J connectivity index is 1.56. The van der Waals surface area contributed by atoms with Gasteiger partial charge >= 0.3 is 6.09 Å². The van der Waals surface area contributed by atoms with Gasteiger partial charge in [-0.2, -0.15) is 5.26 Å². The number of fused-ring (bicyclic) bond motifs is 1. The second-order valence-electron chi connectivity index (χ2n) is 9.64. The first kappa shape index (κ1) is 23.9. The van der Waals surface area contributed by atoms with Crippen LogP contribution in [0.2, 0.25) is 0 Å². The average Bonchev–Trinajstić information content (AvgIpc) is 3.27. The fourth-order valence-electron chi connectivity index (χ4n) is 3.92. The van der Waals surface area contributed by atoms with Gasteiger partial charge in [-0.25, -0.2) is 14.8 Å².